The maximum Gasteiger partial charge on any atom is 0.275 e. The summed E-state index contributed by atoms with van der Waals surface area (Å²) in [5.41, 5.74) is 5.28. The third-order valence-electron chi connectivity index (χ3n) is 2.78. The first-order chi connectivity index (χ1) is 8.31. The van der Waals surface area contributed by atoms with Gasteiger partial charge in [-0.05, 0) is 18.2 Å². The lowest BCUT2D eigenvalue weighted by atomic mass is 9.92. The zero-order valence-corrected chi connectivity index (χ0v) is 9.91. The normalized spacial score (nSPS) is 26.8. The molecule has 0 aliphatic carbocycles. The number of thiocarbonyl (C=S) groups is 1. The van der Waals surface area contributed by atoms with Crippen LogP contribution in [0.3, 0.4) is 0 Å². The molecule has 1 aliphatic heterocycles. The van der Waals surface area contributed by atoms with E-state index in [1.54, 1.807) is 0 Å². The molecule has 0 aromatic heterocycles. The van der Waals surface area contributed by atoms with Gasteiger partial charge in [0.15, 0.2) is 6.17 Å². The van der Waals surface area contributed by atoms with Crippen molar-refractivity contribution >= 4 is 22.9 Å². The molecule has 1 aromatic rings. The van der Waals surface area contributed by atoms with Crippen LogP contribution in [0, 0.1) is 5.82 Å². The van der Waals surface area contributed by atoms with Crippen molar-refractivity contribution in [2.75, 3.05) is 5.73 Å². The highest BCUT2D eigenvalue weighted by atomic mass is 32.1. The van der Waals surface area contributed by atoms with E-state index in [1.165, 1.54) is 6.07 Å². The Labute approximate surface area is 106 Å². The predicted molar refractivity (Wildman–Crippen MR) is 63.7 cm³/mol. The summed E-state index contributed by atoms with van der Waals surface area (Å²) in [6.07, 6.45) is -2.98. The van der Waals surface area contributed by atoms with Gasteiger partial charge in [0.05, 0.1) is 6.42 Å². The van der Waals surface area contributed by atoms with E-state index in [1.807, 2.05) is 0 Å². The summed E-state index contributed by atoms with van der Waals surface area (Å²) in [6.45, 7) is 0. The van der Waals surface area contributed by atoms with Gasteiger partial charge < -0.3 is 11.1 Å². The second-order valence-electron chi connectivity index (χ2n) is 4.16. The molecule has 2 nitrogen and oxygen atoms in total. The van der Waals surface area contributed by atoms with Crippen molar-refractivity contribution < 1.29 is 17.6 Å². The number of benzene rings is 1. The summed E-state index contributed by atoms with van der Waals surface area (Å²) in [4.78, 5) is -0.340. The van der Waals surface area contributed by atoms with Crippen LogP contribution in [0.4, 0.5) is 23.2 Å². The predicted octanol–water partition coefficient (Wildman–Crippen LogP) is 2.74. The number of anilines is 1. The molecule has 1 heterocycles. The van der Waals surface area contributed by atoms with E-state index < -0.39 is 30.4 Å². The lowest BCUT2D eigenvalue weighted by molar-refractivity contribution is -0.0611. The van der Waals surface area contributed by atoms with Gasteiger partial charge in [-0.25, -0.2) is 17.6 Å². The first-order valence-electron chi connectivity index (χ1n) is 5.18. The average Bonchev–Trinajstić information content (AvgIpc) is 2.27. The van der Waals surface area contributed by atoms with E-state index in [9.17, 15) is 17.6 Å². The Morgan fingerprint density at radius 1 is 1.39 bits per heavy atom. The topological polar surface area (TPSA) is 38.0 Å². The van der Waals surface area contributed by atoms with Gasteiger partial charge in [-0.15, -0.1) is 0 Å². The summed E-state index contributed by atoms with van der Waals surface area (Å²) >= 11 is 4.61. The molecule has 1 aliphatic rings. The maximum absolute atomic E-state index is 13.7. The van der Waals surface area contributed by atoms with E-state index in [0.717, 1.165) is 12.1 Å². The fourth-order valence-electron chi connectivity index (χ4n) is 1.88. The van der Waals surface area contributed by atoms with E-state index in [-0.39, 0.29) is 16.2 Å². The van der Waals surface area contributed by atoms with Crippen molar-refractivity contribution in [2.24, 2.45) is 0 Å². The third kappa shape index (κ3) is 2.27. The minimum atomic E-state index is -3.43. The quantitative estimate of drug-likeness (QED) is 0.471. The van der Waals surface area contributed by atoms with Crippen LogP contribution >= 0.6 is 12.2 Å². The zero-order valence-electron chi connectivity index (χ0n) is 9.09. The molecule has 18 heavy (non-hydrogen) atoms. The van der Waals surface area contributed by atoms with Crippen molar-refractivity contribution in [1.29, 1.82) is 0 Å². The van der Waals surface area contributed by atoms with Gasteiger partial charge in [0.2, 0.25) is 0 Å². The van der Waals surface area contributed by atoms with Crippen molar-refractivity contribution in [3.8, 4) is 0 Å². The Balaban J connectivity index is 2.42. The lowest BCUT2D eigenvalue weighted by Crippen LogP contribution is -2.51. The molecule has 1 saturated heterocycles. The molecule has 1 aromatic carbocycles. The van der Waals surface area contributed by atoms with Crippen LogP contribution in [0.25, 0.3) is 0 Å². The molecular formula is C11H10F4N2S. The Hall–Kier alpha value is -1.37. The second-order valence-corrected chi connectivity index (χ2v) is 4.60. The number of nitrogen functional groups attached to an aromatic ring is 1. The summed E-state index contributed by atoms with van der Waals surface area (Å²) in [7, 11) is 0. The molecule has 0 spiro atoms. The molecule has 0 radical (unpaired) electrons. The van der Waals surface area contributed by atoms with Gasteiger partial charge in [-0.3, -0.25) is 0 Å². The standard InChI is InChI=1S/C11H10F4N2S/c12-7-2-1-5(16)3-6(7)9-11(14,15)4-8(13)10(18)17-9/h1-3,8-9H,4,16H2,(H,17,18). The molecular weight excluding hydrogens is 268 g/mol. The molecule has 2 rings (SSSR count). The second kappa shape index (κ2) is 4.38. The molecule has 2 atom stereocenters. The third-order valence-corrected chi connectivity index (χ3v) is 3.15. The fraction of sp³-hybridized carbons (Fsp3) is 0.364. The van der Waals surface area contributed by atoms with Crippen LogP contribution in [-0.4, -0.2) is 17.1 Å². The largest absolute Gasteiger partial charge is 0.399 e. The van der Waals surface area contributed by atoms with E-state index in [2.05, 4.69) is 17.5 Å². The molecule has 2 unspecified atom stereocenters. The molecule has 3 N–H and O–H groups in total. The van der Waals surface area contributed by atoms with Crippen LogP contribution in [0.15, 0.2) is 18.2 Å². The number of nitrogens with one attached hydrogen (secondary N) is 1. The highest BCUT2D eigenvalue weighted by Crippen LogP contribution is 2.40. The van der Waals surface area contributed by atoms with Crippen molar-refractivity contribution in [3.05, 3.63) is 29.6 Å². The number of alkyl halides is 3. The minimum Gasteiger partial charge on any atom is -0.399 e. The molecule has 0 saturated carbocycles. The summed E-state index contributed by atoms with van der Waals surface area (Å²) in [5.74, 6) is -4.27. The van der Waals surface area contributed by atoms with Gasteiger partial charge in [-0.1, -0.05) is 12.2 Å². The SMILES string of the molecule is Nc1ccc(F)c(C2NC(=S)C(F)CC2(F)F)c1. The number of nitrogens with two attached hydrogens (primary N) is 1. The summed E-state index contributed by atoms with van der Waals surface area (Å²) in [6, 6.07) is 1.66. The van der Waals surface area contributed by atoms with Crippen LogP contribution in [0.1, 0.15) is 18.0 Å². The highest BCUT2D eigenvalue weighted by Gasteiger charge is 2.49. The van der Waals surface area contributed by atoms with Gasteiger partial charge in [-0.2, -0.15) is 0 Å². The van der Waals surface area contributed by atoms with Gasteiger partial charge in [0.1, 0.15) is 16.8 Å². The van der Waals surface area contributed by atoms with Gasteiger partial charge in [0, 0.05) is 11.3 Å². The lowest BCUT2D eigenvalue weighted by Gasteiger charge is -2.35. The zero-order chi connectivity index (χ0) is 13.5. The molecule has 7 heteroatoms. The number of piperidine rings is 1. The number of rotatable bonds is 1. The van der Waals surface area contributed by atoms with Crippen molar-refractivity contribution in [3.63, 3.8) is 0 Å². The Bertz CT molecular complexity index is 492. The monoisotopic (exact) mass is 278 g/mol. The number of hydrogen-bond acceptors (Lipinski definition) is 2. The van der Waals surface area contributed by atoms with E-state index in [4.69, 9.17) is 5.73 Å². The molecule has 1 fully saturated rings. The summed E-state index contributed by atoms with van der Waals surface area (Å²) in [5, 5.41) is 2.15. The Morgan fingerprint density at radius 3 is 2.72 bits per heavy atom. The Morgan fingerprint density at radius 2 is 2.06 bits per heavy atom. The van der Waals surface area contributed by atoms with Crippen LogP contribution in [-0.2, 0) is 0 Å². The first kappa shape index (κ1) is 13.1. The molecule has 0 bridgehead atoms. The van der Waals surface area contributed by atoms with E-state index in [0.29, 0.717) is 0 Å². The molecule has 98 valence electrons. The van der Waals surface area contributed by atoms with Crippen LogP contribution < -0.4 is 11.1 Å². The van der Waals surface area contributed by atoms with Gasteiger partial charge >= 0.3 is 0 Å². The molecule has 0 amide bonds. The minimum absolute atomic E-state index is 0.150. The van der Waals surface area contributed by atoms with Gasteiger partial charge in [0.25, 0.3) is 5.92 Å². The van der Waals surface area contributed by atoms with Crippen molar-refractivity contribution in [1.82, 2.24) is 5.32 Å². The highest BCUT2D eigenvalue weighted by molar-refractivity contribution is 7.80. The maximum atomic E-state index is 13.7. The fourth-order valence-corrected chi connectivity index (χ4v) is 2.08. The number of halogens is 4. The number of hydrogen-bond donors (Lipinski definition) is 2. The van der Waals surface area contributed by atoms with Crippen LogP contribution in [0.2, 0.25) is 0 Å². The average molecular weight is 278 g/mol. The Kier molecular flexibility index (Phi) is 3.18. The van der Waals surface area contributed by atoms with Crippen LogP contribution in [0.5, 0.6) is 0 Å². The van der Waals surface area contributed by atoms with Crippen molar-refractivity contribution in [2.45, 2.75) is 24.6 Å². The van der Waals surface area contributed by atoms with E-state index >= 15 is 0 Å². The summed E-state index contributed by atoms with van der Waals surface area (Å²) < 4.78 is 54.1. The first-order valence-corrected chi connectivity index (χ1v) is 5.59. The smallest absolute Gasteiger partial charge is 0.275 e.